The van der Waals surface area contributed by atoms with Gasteiger partial charge in [0.15, 0.2) is 0 Å². The molecule has 0 aliphatic heterocycles. The lowest BCUT2D eigenvalue weighted by molar-refractivity contribution is 1.22. The number of hydrogen-bond acceptors (Lipinski definition) is 2. The first-order valence-electron chi connectivity index (χ1n) is 16.0. The molecule has 0 amide bonds. The van der Waals surface area contributed by atoms with Crippen LogP contribution in [0.2, 0.25) is 0 Å². The predicted octanol–water partition coefficient (Wildman–Crippen LogP) is 11.5. The molecule has 47 heavy (non-hydrogen) atoms. The zero-order chi connectivity index (χ0) is 30.9. The molecular formula is C44H27N3. The number of nitrogens with zero attached hydrogens (tertiary/aromatic N) is 3. The van der Waals surface area contributed by atoms with Crippen molar-refractivity contribution in [3.8, 4) is 33.5 Å². The maximum Gasteiger partial charge on any atom is 0.138 e. The van der Waals surface area contributed by atoms with Gasteiger partial charge in [0.25, 0.3) is 0 Å². The van der Waals surface area contributed by atoms with E-state index in [1.165, 1.54) is 49.0 Å². The van der Waals surface area contributed by atoms with E-state index in [1.807, 2.05) is 12.1 Å². The van der Waals surface area contributed by atoms with E-state index in [2.05, 4.69) is 156 Å². The summed E-state index contributed by atoms with van der Waals surface area (Å²) < 4.78 is 2.24. The molecule has 218 valence electrons. The molecule has 0 spiro atoms. The summed E-state index contributed by atoms with van der Waals surface area (Å²) in [6.07, 6.45) is 2.26. The van der Waals surface area contributed by atoms with Crippen LogP contribution in [-0.2, 0) is 0 Å². The largest absolute Gasteiger partial charge is 0.297 e. The average molecular weight is 598 g/mol. The van der Waals surface area contributed by atoms with Crippen LogP contribution in [0.25, 0.3) is 93.4 Å². The lowest BCUT2D eigenvalue weighted by Crippen LogP contribution is -1.94. The summed E-state index contributed by atoms with van der Waals surface area (Å²) in [5, 5.41) is 8.49. The van der Waals surface area contributed by atoms with Gasteiger partial charge in [-0.3, -0.25) is 4.40 Å². The van der Waals surface area contributed by atoms with Crippen LogP contribution in [-0.4, -0.2) is 14.4 Å². The van der Waals surface area contributed by atoms with Crippen molar-refractivity contribution in [1.29, 1.82) is 0 Å². The van der Waals surface area contributed by atoms with Gasteiger partial charge in [-0.15, -0.1) is 0 Å². The van der Waals surface area contributed by atoms with E-state index in [0.29, 0.717) is 0 Å². The first-order chi connectivity index (χ1) is 23.3. The molecule has 0 bridgehead atoms. The normalized spacial score (nSPS) is 11.8. The third-order valence-corrected chi connectivity index (χ3v) is 9.54. The van der Waals surface area contributed by atoms with E-state index >= 15 is 0 Å². The van der Waals surface area contributed by atoms with Gasteiger partial charge < -0.3 is 0 Å². The highest BCUT2D eigenvalue weighted by Crippen LogP contribution is 2.44. The number of para-hydroxylation sites is 1. The SMILES string of the molecule is c1ccc(-c2nc3ccccc3c3nc4ccc(-c5c6ccccc6c(-c6ccc7ccccc7c6)c6ccccc56)cn4c23)cc1. The van der Waals surface area contributed by atoms with E-state index in [1.54, 1.807) is 0 Å². The third kappa shape index (κ3) is 3.93. The average Bonchev–Trinajstić information content (AvgIpc) is 3.53. The summed E-state index contributed by atoms with van der Waals surface area (Å²) in [5.41, 5.74) is 10.7. The molecule has 0 radical (unpaired) electrons. The van der Waals surface area contributed by atoms with Crippen LogP contribution < -0.4 is 0 Å². The van der Waals surface area contributed by atoms with Gasteiger partial charge >= 0.3 is 0 Å². The molecule has 3 nitrogen and oxygen atoms in total. The fourth-order valence-corrected chi connectivity index (χ4v) is 7.44. The highest BCUT2D eigenvalue weighted by Gasteiger charge is 2.20. The van der Waals surface area contributed by atoms with Gasteiger partial charge in [0, 0.05) is 17.1 Å². The Kier molecular flexibility index (Phi) is 5.57. The lowest BCUT2D eigenvalue weighted by atomic mass is 9.86. The quantitative estimate of drug-likeness (QED) is 0.190. The van der Waals surface area contributed by atoms with Crippen LogP contribution in [0, 0.1) is 0 Å². The Bertz CT molecular complexity index is 2790. The minimum absolute atomic E-state index is 0.903. The van der Waals surface area contributed by atoms with Gasteiger partial charge in [0.1, 0.15) is 11.2 Å². The number of benzene rings is 7. The number of imidazole rings is 1. The van der Waals surface area contributed by atoms with Crippen molar-refractivity contribution < 1.29 is 0 Å². The number of fused-ring (bicyclic) bond motifs is 8. The van der Waals surface area contributed by atoms with Crippen molar-refractivity contribution in [3.63, 3.8) is 0 Å². The summed E-state index contributed by atoms with van der Waals surface area (Å²) in [5.74, 6) is 0. The Morgan fingerprint density at radius 2 is 0.979 bits per heavy atom. The van der Waals surface area contributed by atoms with E-state index in [9.17, 15) is 0 Å². The second-order valence-corrected chi connectivity index (χ2v) is 12.2. The molecule has 0 saturated heterocycles. The molecule has 3 aromatic heterocycles. The van der Waals surface area contributed by atoms with Crippen molar-refractivity contribution in [2.75, 3.05) is 0 Å². The molecule has 3 heterocycles. The van der Waals surface area contributed by atoms with Gasteiger partial charge in [0.05, 0.1) is 16.7 Å². The van der Waals surface area contributed by atoms with E-state index < -0.39 is 0 Å². The molecule has 0 unspecified atom stereocenters. The number of aromatic nitrogens is 3. The molecule has 10 aromatic rings. The van der Waals surface area contributed by atoms with Gasteiger partial charge in [0.2, 0.25) is 0 Å². The van der Waals surface area contributed by atoms with Crippen LogP contribution in [0.1, 0.15) is 0 Å². The summed E-state index contributed by atoms with van der Waals surface area (Å²) >= 11 is 0. The molecule has 0 N–H and O–H groups in total. The van der Waals surface area contributed by atoms with E-state index in [-0.39, 0.29) is 0 Å². The second-order valence-electron chi connectivity index (χ2n) is 12.2. The fraction of sp³-hybridized carbons (Fsp3) is 0. The standard InChI is InChI=1S/C44H27N3/c1-2-13-29(14-3-1)42-44-43(37-20-10-11-21-38(37)45-42)46-39-25-24-32(27-47(39)44)41-35-18-8-6-16-33(35)40(34-17-7-9-19-36(34)41)31-23-22-28-12-4-5-15-30(28)26-31/h1-27H. The minimum atomic E-state index is 0.903. The van der Waals surface area contributed by atoms with Crippen molar-refractivity contribution in [2.24, 2.45) is 0 Å². The molecule has 0 aliphatic rings. The molecule has 0 atom stereocenters. The summed E-state index contributed by atoms with van der Waals surface area (Å²) in [6, 6.07) is 56.2. The Balaban J connectivity index is 1.30. The fourth-order valence-electron chi connectivity index (χ4n) is 7.44. The summed E-state index contributed by atoms with van der Waals surface area (Å²) in [7, 11) is 0. The smallest absolute Gasteiger partial charge is 0.138 e. The van der Waals surface area contributed by atoms with Gasteiger partial charge in [-0.25, -0.2) is 9.97 Å². The first-order valence-corrected chi connectivity index (χ1v) is 16.0. The van der Waals surface area contributed by atoms with Crippen LogP contribution in [0.3, 0.4) is 0 Å². The van der Waals surface area contributed by atoms with E-state index in [0.717, 1.165) is 44.4 Å². The Morgan fingerprint density at radius 3 is 1.70 bits per heavy atom. The zero-order valence-corrected chi connectivity index (χ0v) is 25.4. The maximum absolute atomic E-state index is 5.20. The lowest BCUT2D eigenvalue weighted by Gasteiger charge is -2.18. The maximum atomic E-state index is 5.20. The Hall–Kier alpha value is -6.32. The number of pyridine rings is 2. The van der Waals surface area contributed by atoms with Gasteiger partial charge in [-0.05, 0) is 78.8 Å². The van der Waals surface area contributed by atoms with Crippen molar-refractivity contribution >= 4 is 59.9 Å². The zero-order valence-electron chi connectivity index (χ0n) is 25.4. The third-order valence-electron chi connectivity index (χ3n) is 9.54. The van der Waals surface area contributed by atoms with Crippen LogP contribution in [0.5, 0.6) is 0 Å². The Labute approximate surface area is 271 Å². The molecule has 0 aliphatic carbocycles. The van der Waals surface area contributed by atoms with Gasteiger partial charge in [-0.1, -0.05) is 133 Å². The summed E-state index contributed by atoms with van der Waals surface area (Å²) in [4.78, 5) is 10.4. The van der Waals surface area contributed by atoms with Crippen LogP contribution >= 0.6 is 0 Å². The van der Waals surface area contributed by atoms with Crippen molar-refractivity contribution in [2.45, 2.75) is 0 Å². The topological polar surface area (TPSA) is 30.2 Å². The van der Waals surface area contributed by atoms with Crippen molar-refractivity contribution in [3.05, 3.63) is 164 Å². The monoisotopic (exact) mass is 597 g/mol. The van der Waals surface area contributed by atoms with Crippen molar-refractivity contribution in [1.82, 2.24) is 14.4 Å². The first kappa shape index (κ1) is 26.0. The highest BCUT2D eigenvalue weighted by molar-refractivity contribution is 6.22. The number of hydrogen-bond donors (Lipinski definition) is 0. The van der Waals surface area contributed by atoms with Crippen LogP contribution in [0.15, 0.2) is 164 Å². The second kappa shape index (κ2) is 10.1. The van der Waals surface area contributed by atoms with E-state index in [4.69, 9.17) is 9.97 Å². The van der Waals surface area contributed by atoms with Crippen LogP contribution in [0.4, 0.5) is 0 Å². The molecule has 7 aromatic carbocycles. The highest BCUT2D eigenvalue weighted by atomic mass is 15.0. The molecule has 0 fully saturated rings. The summed E-state index contributed by atoms with van der Waals surface area (Å²) in [6.45, 7) is 0. The number of rotatable bonds is 3. The minimum Gasteiger partial charge on any atom is -0.297 e. The molecular weight excluding hydrogens is 571 g/mol. The predicted molar refractivity (Wildman–Crippen MR) is 197 cm³/mol. The van der Waals surface area contributed by atoms with Gasteiger partial charge in [-0.2, -0.15) is 0 Å². The molecule has 10 rings (SSSR count). The molecule has 3 heteroatoms. The molecule has 0 saturated carbocycles. The Morgan fingerprint density at radius 1 is 0.404 bits per heavy atom.